The van der Waals surface area contributed by atoms with E-state index in [1.54, 1.807) is 39.8 Å². The van der Waals surface area contributed by atoms with Crippen molar-refractivity contribution >= 4 is 11.4 Å². The number of aliphatic hydroxyl groups excluding tert-OH is 2. The number of carbonyl (C=O) groups is 1. The molecule has 10 N–H and O–H groups in total. The number of ether oxygens (including phenoxy) is 4. The van der Waals surface area contributed by atoms with Crippen molar-refractivity contribution in [3.05, 3.63) is 122 Å². The van der Waals surface area contributed by atoms with Crippen molar-refractivity contribution in [2.45, 2.75) is 321 Å². The van der Waals surface area contributed by atoms with Gasteiger partial charge in [-0.1, -0.05) is 104 Å². The van der Waals surface area contributed by atoms with Gasteiger partial charge in [-0.05, 0) is 254 Å². The fourth-order valence-electron chi connectivity index (χ4n) is 17.6. The van der Waals surface area contributed by atoms with Crippen LogP contribution in [-0.2, 0) is 36.1 Å². The fourth-order valence-corrected chi connectivity index (χ4v) is 17.6. The summed E-state index contributed by atoms with van der Waals surface area (Å²) in [6.45, 7) is 33.6. The maximum atomic E-state index is 12.8. The van der Waals surface area contributed by atoms with Crippen LogP contribution in [0.3, 0.4) is 0 Å². The molecular weight excluding hydrogens is 1250 g/mol. The Kier molecular flexibility index (Phi) is 23.4. The fraction of sp³-hybridized carbons (Fsp3) is 0.631. The van der Waals surface area contributed by atoms with Crippen molar-refractivity contribution in [3.8, 4) is 46.0 Å². The average molecular weight is 1370 g/mol. The maximum absolute atomic E-state index is 12.8. The minimum Gasteiger partial charge on any atom is -0.508 e. The van der Waals surface area contributed by atoms with E-state index in [0.29, 0.717) is 52.5 Å². The lowest BCUT2D eigenvalue weighted by Gasteiger charge is -2.58. The third-order valence-electron chi connectivity index (χ3n) is 23.3. The number of hydrogen-bond donors (Lipinski definition) is 10. The summed E-state index contributed by atoms with van der Waals surface area (Å²) in [4.78, 5) is 12.8. The largest absolute Gasteiger partial charge is 0.508 e. The van der Waals surface area contributed by atoms with Crippen LogP contribution in [-0.4, -0.2) is 109 Å². The average Bonchev–Trinajstić information content (AvgIpc) is 1.10. The Labute approximate surface area is 590 Å². The van der Waals surface area contributed by atoms with Crippen LogP contribution in [0, 0.1) is 17.8 Å². The van der Waals surface area contributed by atoms with Crippen molar-refractivity contribution in [1.29, 1.82) is 0 Å². The van der Waals surface area contributed by atoms with Gasteiger partial charge in [0.25, 0.3) is 0 Å². The molecule has 15 nitrogen and oxygen atoms in total. The topological polar surface area (TPSA) is 256 Å². The van der Waals surface area contributed by atoms with Gasteiger partial charge in [-0.15, -0.1) is 0 Å². The Bertz CT molecular complexity index is 3640. The molecule has 546 valence electrons. The highest BCUT2D eigenvalue weighted by Crippen LogP contribution is 2.61. The van der Waals surface area contributed by atoms with Crippen molar-refractivity contribution in [1.82, 2.24) is 0 Å². The number of carbonyl (C=O) groups excluding carboxylic acids is 1. The summed E-state index contributed by atoms with van der Waals surface area (Å²) in [5.74, 6) is 3.13. The summed E-state index contributed by atoms with van der Waals surface area (Å²) in [5, 5.41) is 109. The molecule has 0 spiro atoms. The number of benzene rings is 4. The van der Waals surface area contributed by atoms with Gasteiger partial charge in [0, 0.05) is 40.4 Å². The van der Waals surface area contributed by atoms with Gasteiger partial charge in [0.2, 0.25) is 0 Å². The Morgan fingerprint density at radius 3 is 1.60 bits per heavy atom. The van der Waals surface area contributed by atoms with E-state index in [1.165, 1.54) is 25.7 Å². The monoisotopic (exact) mass is 1370 g/mol. The van der Waals surface area contributed by atoms with E-state index in [-0.39, 0.29) is 70.7 Å². The molecule has 12 rings (SSSR count). The van der Waals surface area contributed by atoms with Crippen molar-refractivity contribution in [2.75, 3.05) is 0 Å². The van der Waals surface area contributed by atoms with E-state index in [4.69, 9.17) is 18.9 Å². The summed E-state index contributed by atoms with van der Waals surface area (Å²) < 4.78 is 24.7. The predicted molar refractivity (Wildman–Crippen MR) is 390 cm³/mol. The molecule has 12 atom stereocenters. The maximum Gasteiger partial charge on any atom is 0.166 e. The lowest BCUT2D eigenvalue weighted by atomic mass is 9.60. The minimum absolute atomic E-state index is 0.00839. The number of phenolic OH excluding ortho intramolecular Hbond substituents is 4. The van der Waals surface area contributed by atoms with Crippen LogP contribution in [0.2, 0.25) is 0 Å². The quantitative estimate of drug-likeness (QED) is 0.0348. The van der Waals surface area contributed by atoms with Gasteiger partial charge in [-0.3, -0.25) is 4.79 Å². The zero-order valence-electron chi connectivity index (χ0n) is 62.3. The zero-order chi connectivity index (χ0) is 72.7. The first-order valence-corrected chi connectivity index (χ1v) is 37.5. The molecule has 4 heterocycles. The van der Waals surface area contributed by atoms with E-state index in [0.717, 1.165) is 153 Å². The van der Waals surface area contributed by atoms with Crippen LogP contribution in [0.1, 0.15) is 282 Å². The number of allylic oxidation sites excluding steroid dienone is 2. The summed E-state index contributed by atoms with van der Waals surface area (Å²) in [6.07, 6.45) is 21.1. The van der Waals surface area contributed by atoms with Crippen LogP contribution in [0.15, 0.2) is 77.9 Å². The second-order valence-electron chi connectivity index (χ2n) is 32.6. The molecule has 99 heavy (non-hydrogen) atoms. The summed E-state index contributed by atoms with van der Waals surface area (Å²) >= 11 is 0. The van der Waals surface area contributed by atoms with Crippen LogP contribution in [0.5, 0.6) is 46.0 Å². The first-order valence-electron chi connectivity index (χ1n) is 37.5. The molecule has 0 radical (unpaired) electrons. The van der Waals surface area contributed by atoms with Gasteiger partial charge in [-0.25, -0.2) is 0 Å². The van der Waals surface area contributed by atoms with Crippen LogP contribution >= 0.6 is 0 Å². The molecular formula is C84H120O15. The Morgan fingerprint density at radius 1 is 0.576 bits per heavy atom. The molecule has 8 aliphatic rings. The van der Waals surface area contributed by atoms with Crippen molar-refractivity contribution in [2.24, 2.45) is 17.8 Å². The summed E-state index contributed by atoms with van der Waals surface area (Å²) in [6, 6.07) is 15.1. The van der Waals surface area contributed by atoms with Gasteiger partial charge < -0.3 is 70.0 Å². The van der Waals surface area contributed by atoms with E-state index >= 15 is 0 Å². The number of ketones is 1. The van der Waals surface area contributed by atoms with Crippen LogP contribution in [0.4, 0.5) is 0 Å². The van der Waals surface area contributed by atoms with Gasteiger partial charge in [-0.2, -0.15) is 0 Å². The van der Waals surface area contributed by atoms with Gasteiger partial charge in [0.05, 0.1) is 34.5 Å². The Balaban J connectivity index is 0.000000154. The van der Waals surface area contributed by atoms with E-state index < -0.39 is 51.4 Å². The number of fused-ring (bicyclic) bond motifs is 11. The van der Waals surface area contributed by atoms with Crippen LogP contribution < -0.4 is 18.9 Å². The SMILES string of the molecule is C=C(C)[C@@H]1CC[C@](C)(O)[C@H]2Oc3cc(CCCCC)cc(O)c3[C@@H]12.CCCCCc1cc(O)c2c(c1)OC(C)(C)C1(O)C(O)CC(C)=CC21O.CCCCCc1cc(O)c2c(c1)OC(C)(C)C1=C2C(=O)C(C)CC1.CCCCCc1cc(O)c2c(c1)OC(C)(C)[C@@H]1CC[C@](C)(O)[C@@H](O)[C@@H]21. The highest BCUT2D eigenvalue weighted by atomic mass is 16.5. The number of unbranched alkanes of at least 4 members (excludes halogenated alkanes) is 8. The molecule has 2 saturated carbocycles. The minimum atomic E-state index is -1.98. The summed E-state index contributed by atoms with van der Waals surface area (Å²) in [5.41, 5.74) is 1.94. The highest BCUT2D eigenvalue weighted by Gasteiger charge is 2.69. The zero-order valence-corrected chi connectivity index (χ0v) is 62.3. The molecule has 4 aromatic carbocycles. The Morgan fingerprint density at radius 2 is 1.06 bits per heavy atom. The third kappa shape index (κ3) is 15.2. The molecule has 4 aromatic rings. The number of Topliss-reactive ketones (excluding diaryl/α,β-unsaturated/α-hetero) is 1. The van der Waals surface area contributed by atoms with Gasteiger partial charge in [0.15, 0.2) is 17.0 Å². The van der Waals surface area contributed by atoms with Crippen LogP contribution in [0.25, 0.3) is 5.57 Å². The first-order chi connectivity index (χ1) is 46.4. The number of aromatic hydroxyl groups is 4. The van der Waals surface area contributed by atoms with Gasteiger partial charge >= 0.3 is 0 Å². The molecule has 4 aliphatic carbocycles. The smallest absolute Gasteiger partial charge is 0.166 e. The number of rotatable bonds is 17. The van der Waals surface area contributed by atoms with E-state index in [2.05, 4.69) is 40.3 Å². The second-order valence-corrected chi connectivity index (χ2v) is 32.6. The highest BCUT2D eigenvalue weighted by molar-refractivity contribution is 6.25. The van der Waals surface area contributed by atoms with E-state index in [9.17, 15) is 55.9 Å². The van der Waals surface area contributed by atoms with Gasteiger partial charge in [0.1, 0.15) is 68.9 Å². The number of aryl methyl sites for hydroxylation is 4. The molecule has 4 unspecified atom stereocenters. The Hall–Kier alpha value is -6.07. The second kappa shape index (κ2) is 30.1. The molecule has 15 heteroatoms. The lowest BCUT2D eigenvalue weighted by Crippen LogP contribution is -2.74. The molecule has 2 fully saturated rings. The molecule has 0 aromatic heterocycles. The van der Waals surface area contributed by atoms with E-state index in [1.807, 2.05) is 84.9 Å². The van der Waals surface area contributed by atoms with Crippen molar-refractivity contribution in [3.63, 3.8) is 0 Å². The lowest BCUT2D eigenvalue weighted by molar-refractivity contribution is -0.272. The number of hydrogen-bond acceptors (Lipinski definition) is 15. The first kappa shape index (κ1) is 77.1. The number of phenols is 4. The number of aliphatic hydroxyl groups is 6. The predicted octanol–water partition coefficient (Wildman–Crippen LogP) is 16.6. The molecule has 0 amide bonds. The van der Waals surface area contributed by atoms with Crippen molar-refractivity contribution < 1.29 is 74.8 Å². The molecule has 4 aliphatic heterocycles. The standard InChI is InChI=1S/C21H30O5.C21H32O4.C21H28O3.C21H30O3/c1-5-6-7-8-14-10-15(22)18-16(11-14)26-19(3,4)21(25)17(23)9-13(2)12-20(18,21)24;1-5-6-7-8-13-11-15(22)18-16(12-13)25-20(2,3)14-9-10-21(4,24)19(23)17(14)18;1-5-6-7-8-14-11-16(22)19-17(12-14)24-21(3,4)15-10-9-13(2)20(23)18(15)19;1-5-6-7-8-14-11-16(22)19-17(12-14)24-20-18(19)15(13(2)3)9-10-21(20,4)23/h10-12,17,22-25H,5-9H2,1-4H3;11-12,14,17,19,22-24H,5-10H2,1-4H3;11-13,22H,5-10H2,1-4H3;11-12,15,18,20,22-23H,2,5-10H2,1,3-4H3/t;14-,17-,19+,21+;;15-,18+,20-,21-/m.1.0/s1. The normalized spacial score (nSPS) is 29.8. The summed E-state index contributed by atoms with van der Waals surface area (Å²) in [7, 11) is 0. The molecule has 0 bridgehead atoms. The molecule has 0 saturated heterocycles. The third-order valence-corrected chi connectivity index (χ3v) is 23.3.